The fourth-order valence-corrected chi connectivity index (χ4v) is 5.53. The molecule has 3 aromatic carbocycles. The second kappa shape index (κ2) is 12.6. The minimum atomic E-state index is -0.847. The Labute approximate surface area is 239 Å². The van der Waals surface area contributed by atoms with Crippen LogP contribution in [0.2, 0.25) is 0 Å². The number of carbonyl (C=O) groups excluding carboxylic acids is 3. The predicted octanol–water partition coefficient (Wildman–Crippen LogP) is 3.55. The first kappa shape index (κ1) is 27.7. The molecule has 41 heavy (non-hydrogen) atoms. The number of carbonyl (C=O) groups is 3. The van der Waals surface area contributed by atoms with Crippen molar-refractivity contribution in [2.24, 2.45) is 0 Å². The van der Waals surface area contributed by atoms with Crippen molar-refractivity contribution in [3.8, 4) is 5.75 Å². The molecule has 1 saturated heterocycles. The van der Waals surface area contributed by atoms with Crippen LogP contribution >= 0.6 is 11.8 Å². The molecule has 11 nitrogen and oxygen atoms in total. The van der Waals surface area contributed by atoms with Crippen molar-refractivity contribution in [3.63, 3.8) is 0 Å². The van der Waals surface area contributed by atoms with Gasteiger partial charge in [0.2, 0.25) is 0 Å². The third kappa shape index (κ3) is 6.49. The van der Waals surface area contributed by atoms with Gasteiger partial charge in [-0.3, -0.25) is 24.6 Å². The molecule has 0 spiro atoms. The van der Waals surface area contributed by atoms with Crippen LogP contribution in [0.3, 0.4) is 0 Å². The van der Waals surface area contributed by atoms with Gasteiger partial charge in [0.05, 0.1) is 10.7 Å². The normalized spacial score (nSPS) is 17.7. The van der Waals surface area contributed by atoms with Gasteiger partial charge in [0, 0.05) is 12.1 Å². The number of rotatable bonds is 11. The molecule has 0 unspecified atom stereocenters. The van der Waals surface area contributed by atoms with Gasteiger partial charge >= 0.3 is 5.97 Å². The highest BCUT2D eigenvalue weighted by Crippen LogP contribution is 2.41. The molecule has 0 radical (unpaired) electrons. The van der Waals surface area contributed by atoms with Crippen LogP contribution in [0.15, 0.2) is 96.4 Å². The number of hydrogen-bond donors (Lipinski definition) is 1. The lowest BCUT2D eigenvalue weighted by Gasteiger charge is -2.49. The first-order valence-corrected chi connectivity index (χ1v) is 13.7. The maximum atomic E-state index is 13.3. The number of nitrogens with one attached hydrogen (secondary N) is 1. The molecule has 0 aliphatic carbocycles. The van der Waals surface area contributed by atoms with Gasteiger partial charge in [-0.2, -0.15) is 0 Å². The Morgan fingerprint density at radius 2 is 1.59 bits per heavy atom. The van der Waals surface area contributed by atoms with Crippen LogP contribution < -0.4 is 10.1 Å². The van der Waals surface area contributed by atoms with Crippen LogP contribution in [-0.4, -0.2) is 51.4 Å². The lowest BCUT2D eigenvalue weighted by Crippen LogP contribution is -2.71. The summed E-state index contributed by atoms with van der Waals surface area (Å²) in [5, 5.41) is 13.1. The zero-order valence-corrected chi connectivity index (χ0v) is 22.5. The fraction of sp³-hybridized carbons (Fsp3) is 0.207. The highest BCUT2D eigenvalue weighted by atomic mass is 32.2. The third-order valence-electron chi connectivity index (χ3n) is 6.33. The minimum absolute atomic E-state index is 0.0253. The van der Waals surface area contributed by atoms with E-state index in [9.17, 15) is 24.5 Å². The second-order valence-corrected chi connectivity index (χ2v) is 10.2. The average molecular weight is 576 g/mol. The van der Waals surface area contributed by atoms with E-state index >= 15 is 0 Å². The van der Waals surface area contributed by atoms with Crippen LogP contribution in [-0.2, 0) is 37.1 Å². The molecular formula is C29H25N3O8S. The summed E-state index contributed by atoms with van der Waals surface area (Å²) >= 11 is 1.36. The molecule has 0 saturated carbocycles. The van der Waals surface area contributed by atoms with Gasteiger partial charge in [0.1, 0.15) is 36.1 Å². The number of nitro groups is 1. The molecule has 12 heteroatoms. The molecule has 210 valence electrons. The highest BCUT2D eigenvalue weighted by Gasteiger charge is 2.55. The summed E-state index contributed by atoms with van der Waals surface area (Å²) in [4.78, 5) is 50.7. The number of fused-ring (bicyclic) bond motifs is 1. The smallest absolute Gasteiger partial charge is 0.358 e. The van der Waals surface area contributed by atoms with Crippen LogP contribution in [0, 0.1) is 10.1 Å². The van der Waals surface area contributed by atoms with Gasteiger partial charge in [-0.15, -0.1) is 11.8 Å². The van der Waals surface area contributed by atoms with Gasteiger partial charge in [0.25, 0.3) is 17.5 Å². The molecule has 5 rings (SSSR count). The first-order chi connectivity index (χ1) is 19.9. The van der Waals surface area contributed by atoms with E-state index in [0.717, 1.165) is 5.56 Å². The molecule has 2 atom stereocenters. The average Bonchev–Trinajstić information content (AvgIpc) is 3.01. The summed E-state index contributed by atoms with van der Waals surface area (Å²) in [6.45, 7) is -0.251. The van der Waals surface area contributed by atoms with Gasteiger partial charge < -0.3 is 19.5 Å². The number of nitro benzene ring substituents is 1. The lowest BCUT2D eigenvalue weighted by atomic mass is 10.0. The number of para-hydroxylation sites is 1. The van der Waals surface area contributed by atoms with Crippen molar-refractivity contribution in [1.29, 1.82) is 0 Å². The number of ether oxygens (including phenoxy) is 3. The molecule has 1 N–H and O–H groups in total. The minimum Gasteiger partial charge on any atom is -0.490 e. The lowest BCUT2D eigenvalue weighted by molar-refractivity contribution is -0.384. The largest absolute Gasteiger partial charge is 0.490 e. The van der Waals surface area contributed by atoms with Gasteiger partial charge in [-0.05, 0) is 35.4 Å². The van der Waals surface area contributed by atoms with E-state index in [1.54, 1.807) is 24.3 Å². The van der Waals surface area contributed by atoms with E-state index < -0.39 is 34.1 Å². The molecule has 2 aliphatic heterocycles. The number of hydrogen-bond acceptors (Lipinski definition) is 9. The number of benzene rings is 3. The number of nitrogens with zero attached hydrogens (tertiary/aromatic N) is 2. The predicted molar refractivity (Wildman–Crippen MR) is 148 cm³/mol. The topological polar surface area (TPSA) is 137 Å². The molecule has 3 aromatic rings. The molecule has 2 heterocycles. The first-order valence-electron chi connectivity index (χ1n) is 12.6. The monoisotopic (exact) mass is 575 g/mol. The summed E-state index contributed by atoms with van der Waals surface area (Å²) in [7, 11) is 0. The summed E-state index contributed by atoms with van der Waals surface area (Å²) in [6, 6.07) is 23.0. The Morgan fingerprint density at radius 1 is 0.927 bits per heavy atom. The van der Waals surface area contributed by atoms with E-state index in [1.807, 2.05) is 36.4 Å². The van der Waals surface area contributed by atoms with E-state index in [1.165, 1.54) is 40.9 Å². The number of thioether (sulfide) groups is 1. The van der Waals surface area contributed by atoms with Crippen molar-refractivity contribution in [2.45, 2.75) is 24.6 Å². The Kier molecular flexibility index (Phi) is 8.49. The maximum absolute atomic E-state index is 13.3. The van der Waals surface area contributed by atoms with Crippen molar-refractivity contribution in [1.82, 2.24) is 10.2 Å². The van der Waals surface area contributed by atoms with Crippen molar-refractivity contribution in [3.05, 3.63) is 118 Å². The summed E-state index contributed by atoms with van der Waals surface area (Å²) in [5.41, 5.74) is 1.31. The van der Waals surface area contributed by atoms with E-state index in [-0.39, 0.29) is 42.7 Å². The molecule has 2 amide bonds. The van der Waals surface area contributed by atoms with Crippen molar-refractivity contribution < 1.29 is 33.5 Å². The highest BCUT2D eigenvalue weighted by molar-refractivity contribution is 8.00. The number of amides is 2. The van der Waals surface area contributed by atoms with E-state index in [2.05, 4.69) is 5.32 Å². The fourth-order valence-electron chi connectivity index (χ4n) is 4.25. The molecule has 0 bridgehead atoms. The summed E-state index contributed by atoms with van der Waals surface area (Å²) in [5.74, 6) is -0.631. The zero-order valence-electron chi connectivity index (χ0n) is 21.6. The maximum Gasteiger partial charge on any atom is 0.358 e. The van der Waals surface area contributed by atoms with E-state index in [4.69, 9.17) is 14.2 Å². The Balaban J connectivity index is 1.28. The SMILES string of the molecule is O=C(COc1ccccc1)N[C@@H]1C(=O)N2C(C(=O)OCc3ccc([N+](=O)[O-])cc3)=C(OCc3ccccc3)CS[C@H]12. The van der Waals surface area contributed by atoms with Crippen LogP contribution in [0.5, 0.6) is 5.75 Å². The number of β-lactam (4-membered cyclic amide) rings is 1. The number of non-ortho nitro benzene ring substituents is 1. The van der Waals surface area contributed by atoms with Crippen LogP contribution in [0.4, 0.5) is 5.69 Å². The van der Waals surface area contributed by atoms with Gasteiger partial charge in [-0.1, -0.05) is 48.5 Å². The van der Waals surface area contributed by atoms with Crippen molar-refractivity contribution >= 4 is 35.2 Å². The second-order valence-electron chi connectivity index (χ2n) is 9.10. The number of esters is 1. The summed E-state index contributed by atoms with van der Waals surface area (Å²) in [6.07, 6.45) is 0. The standard InChI is InChI=1S/C29H25N3O8S/c33-24(17-38-22-9-5-2-6-10-22)30-25-27(34)31-26(29(35)40-16-20-11-13-21(14-12-20)32(36)37)23(18-41-28(25)31)39-15-19-7-3-1-4-8-19/h1-14,25,28H,15-18H2,(H,30,33)/t25-,28-/m1/s1. The summed E-state index contributed by atoms with van der Waals surface area (Å²) < 4.78 is 17.0. The Hall–Kier alpha value is -4.84. The van der Waals surface area contributed by atoms with Crippen LogP contribution in [0.1, 0.15) is 11.1 Å². The molecule has 0 aromatic heterocycles. The molecular weight excluding hydrogens is 550 g/mol. The Morgan fingerprint density at radius 3 is 2.27 bits per heavy atom. The Bertz CT molecular complexity index is 1460. The van der Waals surface area contributed by atoms with Gasteiger partial charge in [-0.25, -0.2) is 4.79 Å². The van der Waals surface area contributed by atoms with Crippen LogP contribution in [0.25, 0.3) is 0 Å². The van der Waals surface area contributed by atoms with E-state index in [0.29, 0.717) is 11.3 Å². The zero-order chi connectivity index (χ0) is 28.8. The van der Waals surface area contributed by atoms with Crippen molar-refractivity contribution in [2.75, 3.05) is 12.4 Å². The quantitative estimate of drug-likeness (QED) is 0.157. The van der Waals surface area contributed by atoms with Gasteiger partial charge in [0.15, 0.2) is 12.3 Å². The third-order valence-corrected chi connectivity index (χ3v) is 7.58. The molecule has 1 fully saturated rings. The molecule has 2 aliphatic rings.